The smallest absolute Gasteiger partial charge is 0.227 e. The second kappa shape index (κ2) is 6.51. The Hall–Kier alpha value is -1.96. The summed E-state index contributed by atoms with van der Waals surface area (Å²) in [4.78, 5) is 21.0. The van der Waals surface area contributed by atoms with E-state index in [-0.39, 0.29) is 0 Å². The number of hydrogen-bond acceptors (Lipinski definition) is 8. The molecular formula is C16H23N7S. The Morgan fingerprint density at radius 2 is 1.54 bits per heavy atom. The lowest BCUT2D eigenvalue weighted by atomic mass is 10.3. The second-order valence-corrected chi connectivity index (χ2v) is 7.19. The average Bonchev–Trinajstić information content (AvgIpc) is 3.26. The fourth-order valence-electron chi connectivity index (χ4n) is 3.30. The maximum atomic E-state index is 4.84. The largest absolute Gasteiger partial charge is 0.356 e. The van der Waals surface area contributed by atoms with Crippen LogP contribution in [-0.2, 0) is 0 Å². The molecule has 2 aromatic rings. The molecule has 0 unspecified atom stereocenters. The van der Waals surface area contributed by atoms with Gasteiger partial charge in [0.05, 0.1) is 0 Å². The molecule has 0 amide bonds. The van der Waals surface area contributed by atoms with Crippen molar-refractivity contribution < 1.29 is 0 Å². The van der Waals surface area contributed by atoms with E-state index in [0.717, 1.165) is 67.7 Å². The summed E-state index contributed by atoms with van der Waals surface area (Å²) in [6.45, 7) is 9.93. The molecule has 2 saturated heterocycles. The lowest BCUT2D eigenvalue weighted by Gasteiger charge is -2.34. The fourth-order valence-corrected chi connectivity index (χ4v) is 4.02. The predicted octanol–water partition coefficient (Wildman–Crippen LogP) is 1.87. The summed E-state index contributed by atoms with van der Waals surface area (Å²) in [5.74, 6) is 2.80. The predicted molar refractivity (Wildman–Crippen MR) is 97.3 cm³/mol. The lowest BCUT2D eigenvalue weighted by Crippen LogP contribution is -2.47. The van der Waals surface area contributed by atoms with E-state index in [1.165, 1.54) is 24.4 Å². The van der Waals surface area contributed by atoms with Crippen LogP contribution in [0.2, 0.25) is 0 Å². The molecule has 0 bridgehead atoms. The van der Waals surface area contributed by atoms with Gasteiger partial charge in [0.25, 0.3) is 0 Å². The van der Waals surface area contributed by atoms with E-state index in [0.29, 0.717) is 0 Å². The van der Waals surface area contributed by atoms with Gasteiger partial charge in [-0.3, -0.25) is 0 Å². The van der Waals surface area contributed by atoms with Gasteiger partial charge in [0.1, 0.15) is 11.6 Å². The minimum atomic E-state index is 0.856. The molecule has 0 spiro atoms. The highest BCUT2D eigenvalue weighted by Crippen LogP contribution is 2.23. The lowest BCUT2D eigenvalue weighted by molar-refractivity contribution is 0.637. The quantitative estimate of drug-likeness (QED) is 0.841. The van der Waals surface area contributed by atoms with Crippen LogP contribution in [-0.4, -0.2) is 58.6 Å². The number of hydrogen-bond donors (Lipinski definition) is 0. The molecule has 0 saturated carbocycles. The third-order valence-electron chi connectivity index (χ3n) is 4.61. The minimum Gasteiger partial charge on any atom is -0.356 e. The first-order chi connectivity index (χ1) is 11.7. The van der Waals surface area contributed by atoms with Gasteiger partial charge < -0.3 is 14.7 Å². The maximum Gasteiger partial charge on any atom is 0.227 e. The maximum absolute atomic E-state index is 4.84. The molecule has 4 rings (SSSR count). The summed E-state index contributed by atoms with van der Waals surface area (Å²) in [5.41, 5.74) is 1.05. The van der Waals surface area contributed by atoms with E-state index in [4.69, 9.17) is 4.98 Å². The Labute approximate surface area is 146 Å². The molecule has 2 aliphatic heterocycles. The van der Waals surface area contributed by atoms with Gasteiger partial charge >= 0.3 is 0 Å². The topological polar surface area (TPSA) is 61.3 Å². The van der Waals surface area contributed by atoms with E-state index < -0.39 is 0 Å². The molecule has 4 heterocycles. The van der Waals surface area contributed by atoms with Gasteiger partial charge in [-0.1, -0.05) is 0 Å². The molecule has 24 heavy (non-hydrogen) atoms. The van der Waals surface area contributed by atoms with Gasteiger partial charge in [-0.25, -0.2) is 9.97 Å². The zero-order valence-electron chi connectivity index (χ0n) is 14.3. The minimum absolute atomic E-state index is 0.856. The van der Waals surface area contributed by atoms with Crippen molar-refractivity contribution >= 4 is 28.4 Å². The summed E-state index contributed by atoms with van der Waals surface area (Å²) in [5, 5.41) is 1.02. The van der Waals surface area contributed by atoms with Gasteiger partial charge in [-0.2, -0.15) is 9.36 Å². The van der Waals surface area contributed by atoms with Crippen molar-refractivity contribution in [3.05, 3.63) is 17.6 Å². The fraction of sp³-hybridized carbons (Fsp3) is 0.625. The Morgan fingerprint density at radius 1 is 0.833 bits per heavy atom. The van der Waals surface area contributed by atoms with Crippen LogP contribution < -0.4 is 14.7 Å². The zero-order chi connectivity index (χ0) is 16.5. The molecule has 7 nitrogen and oxygen atoms in total. The Morgan fingerprint density at radius 3 is 2.21 bits per heavy atom. The molecule has 8 heteroatoms. The number of piperazine rings is 1. The number of nitrogens with zero attached hydrogens (tertiary/aromatic N) is 7. The van der Waals surface area contributed by atoms with Gasteiger partial charge in [0.2, 0.25) is 11.1 Å². The van der Waals surface area contributed by atoms with Crippen molar-refractivity contribution in [2.75, 3.05) is 54.0 Å². The monoisotopic (exact) mass is 345 g/mol. The van der Waals surface area contributed by atoms with Crippen LogP contribution in [0.4, 0.5) is 16.9 Å². The standard InChI is InChI=1S/C16H23N7S/c1-12-11-14(21-5-3-4-6-21)19-15(17-12)22-7-9-23(10-8-22)16-18-13(2)20-24-16/h11H,3-10H2,1-2H3. The van der Waals surface area contributed by atoms with Crippen molar-refractivity contribution in [3.63, 3.8) is 0 Å². The molecule has 0 radical (unpaired) electrons. The van der Waals surface area contributed by atoms with Gasteiger partial charge in [0, 0.05) is 62.6 Å². The van der Waals surface area contributed by atoms with Crippen molar-refractivity contribution in [2.45, 2.75) is 26.7 Å². The zero-order valence-corrected chi connectivity index (χ0v) is 15.1. The summed E-state index contributed by atoms with van der Waals surface area (Å²) in [6, 6.07) is 2.11. The van der Waals surface area contributed by atoms with Crippen molar-refractivity contribution in [3.8, 4) is 0 Å². The van der Waals surface area contributed by atoms with Crippen molar-refractivity contribution in [1.29, 1.82) is 0 Å². The number of aromatic nitrogens is 4. The molecule has 0 aliphatic carbocycles. The summed E-state index contributed by atoms with van der Waals surface area (Å²) >= 11 is 1.48. The second-order valence-electron chi connectivity index (χ2n) is 6.46. The first kappa shape index (κ1) is 15.6. The first-order valence-electron chi connectivity index (χ1n) is 8.60. The Kier molecular flexibility index (Phi) is 4.22. The summed E-state index contributed by atoms with van der Waals surface area (Å²) in [7, 11) is 0. The van der Waals surface area contributed by atoms with E-state index >= 15 is 0 Å². The molecular weight excluding hydrogens is 322 g/mol. The molecule has 2 aliphatic rings. The molecule has 0 aromatic carbocycles. The third kappa shape index (κ3) is 3.15. The number of aryl methyl sites for hydroxylation is 2. The SMILES string of the molecule is Cc1cc(N2CCCC2)nc(N2CCN(c3nc(C)ns3)CC2)n1. The summed E-state index contributed by atoms with van der Waals surface area (Å²) in [6.07, 6.45) is 2.52. The molecule has 0 atom stereocenters. The molecule has 2 aromatic heterocycles. The summed E-state index contributed by atoms with van der Waals surface area (Å²) < 4.78 is 4.28. The number of anilines is 3. The molecule has 0 N–H and O–H groups in total. The van der Waals surface area contributed by atoms with Gasteiger partial charge in [-0.15, -0.1) is 0 Å². The normalized spacial score (nSPS) is 18.5. The van der Waals surface area contributed by atoms with E-state index in [9.17, 15) is 0 Å². The Balaban J connectivity index is 1.47. The average molecular weight is 345 g/mol. The van der Waals surface area contributed by atoms with E-state index in [2.05, 4.69) is 42.0 Å². The molecule has 128 valence electrons. The van der Waals surface area contributed by atoms with Gasteiger partial charge in [-0.05, 0) is 26.7 Å². The third-order valence-corrected chi connectivity index (χ3v) is 5.48. The van der Waals surface area contributed by atoms with Crippen LogP contribution in [0.1, 0.15) is 24.4 Å². The van der Waals surface area contributed by atoms with Gasteiger partial charge in [0.15, 0.2) is 0 Å². The van der Waals surface area contributed by atoms with Crippen LogP contribution in [0.25, 0.3) is 0 Å². The van der Waals surface area contributed by atoms with Crippen LogP contribution in [0, 0.1) is 13.8 Å². The highest BCUT2D eigenvalue weighted by molar-refractivity contribution is 7.09. The van der Waals surface area contributed by atoms with Crippen molar-refractivity contribution in [1.82, 2.24) is 19.3 Å². The van der Waals surface area contributed by atoms with Crippen molar-refractivity contribution in [2.24, 2.45) is 0 Å². The Bertz CT molecular complexity index is 702. The van der Waals surface area contributed by atoms with E-state index in [1.54, 1.807) is 0 Å². The van der Waals surface area contributed by atoms with Crippen LogP contribution in [0.5, 0.6) is 0 Å². The first-order valence-corrected chi connectivity index (χ1v) is 9.37. The number of rotatable bonds is 3. The highest BCUT2D eigenvalue weighted by Gasteiger charge is 2.23. The van der Waals surface area contributed by atoms with Crippen LogP contribution >= 0.6 is 11.5 Å². The highest BCUT2D eigenvalue weighted by atomic mass is 32.1. The van der Waals surface area contributed by atoms with E-state index in [1.807, 2.05) is 6.92 Å². The van der Waals surface area contributed by atoms with Crippen LogP contribution in [0.15, 0.2) is 6.07 Å². The molecule has 2 fully saturated rings. The van der Waals surface area contributed by atoms with Crippen LogP contribution in [0.3, 0.4) is 0 Å².